The van der Waals surface area contributed by atoms with Gasteiger partial charge in [-0.15, -0.1) is 11.3 Å². The van der Waals surface area contributed by atoms with Crippen LogP contribution in [0.3, 0.4) is 0 Å². The molecule has 0 spiro atoms. The summed E-state index contributed by atoms with van der Waals surface area (Å²) in [5, 5.41) is 2.53. The largest absolute Gasteiger partial charge is 0.331 e. The molecule has 2 aromatic heterocycles. The Morgan fingerprint density at radius 3 is 2.90 bits per heavy atom. The SMILES string of the molecule is O=C(Cc1cccnc1)N1CCN(c2nccs2)C(=O)C1. The van der Waals surface area contributed by atoms with Crippen molar-refractivity contribution in [2.75, 3.05) is 24.5 Å². The van der Waals surface area contributed by atoms with Gasteiger partial charge < -0.3 is 4.90 Å². The number of amides is 2. The number of nitrogens with zero attached hydrogens (tertiary/aromatic N) is 4. The van der Waals surface area contributed by atoms with Crippen LogP contribution in [0.2, 0.25) is 0 Å². The molecule has 1 saturated heterocycles. The van der Waals surface area contributed by atoms with E-state index >= 15 is 0 Å². The molecule has 0 bridgehead atoms. The minimum atomic E-state index is -0.0873. The van der Waals surface area contributed by atoms with Crippen LogP contribution in [-0.4, -0.2) is 46.3 Å². The van der Waals surface area contributed by atoms with E-state index in [0.29, 0.717) is 18.2 Å². The summed E-state index contributed by atoms with van der Waals surface area (Å²) in [6.07, 6.45) is 5.29. The number of hydrogen-bond donors (Lipinski definition) is 0. The average molecular weight is 302 g/mol. The Labute approximate surface area is 126 Å². The highest BCUT2D eigenvalue weighted by atomic mass is 32.1. The summed E-state index contributed by atoms with van der Waals surface area (Å²) in [4.78, 5) is 35.7. The van der Waals surface area contributed by atoms with E-state index in [-0.39, 0.29) is 24.8 Å². The second-order valence-corrected chi connectivity index (χ2v) is 5.59. The topological polar surface area (TPSA) is 66.4 Å². The Balaban J connectivity index is 1.62. The lowest BCUT2D eigenvalue weighted by Gasteiger charge is -2.32. The minimum Gasteiger partial charge on any atom is -0.331 e. The van der Waals surface area contributed by atoms with Gasteiger partial charge in [-0.25, -0.2) is 4.98 Å². The fourth-order valence-electron chi connectivity index (χ4n) is 2.23. The Bertz CT molecular complexity index is 630. The van der Waals surface area contributed by atoms with Gasteiger partial charge >= 0.3 is 0 Å². The molecule has 2 aromatic rings. The average Bonchev–Trinajstić information content (AvgIpc) is 3.02. The zero-order valence-corrected chi connectivity index (χ0v) is 12.1. The van der Waals surface area contributed by atoms with E-state index in [1.54, 1.807) is 34.5 Å². The summed E-state index contributed by atoms with van der Waals surface area (Å²) in [6.45, 7) is 1.13. The van der Waals surface area contributed by atoms with Crippen LogP contribution in [0, 0.1) is 0 Å². The number of hydrogen-bond acceptors (Lipinski definition) is 5. The number of anilines is 1. The van der Waals surface area contributed by atoms with E-state index in [0.717, 1.165) is 5.56 Å². The van der Waals surface area contributed by atoms with Crippen LogP contribution in [0.15, 0.2) is 36.1 Å². The van der Waals surface area contributed by atoms with E-state index in [4.69, 9.17) is 0 Å². The number of aromatic nitrogens is 2. The molecule has 0 radical (unpaired) electrons. The molecule has 7 heteroatoms. The van der Waals surface area contributed by atoms with Crippen molar-refractivity contribution in [3.05, 3.63) is 41.7 Å². The van der Waals surface area contributed by atoms with Gasteiger partial charge in [0, 0.05) is 37.1 Å². The van der Waals surface area contributed by atoms with Crippen molar-refractivity contribution in [1.29, 1.82) is 0 Å². The van der Waals surface area contributed by atoms with Crippen LogP contribution >= 0.6 is 11.3 Å². The van der Waals surface area contributed by atoms with Gasteiger partial charge in [0.25, 0.3) is 0 Å². The maximum atomic E-state index is 12.2. The molecule has 1 fully saturated rings. The number of pyridine rings is 1. The Morgan fingerprint density at radius 1 is 1.33 bits per heavy atom. The third-order valence-corrected chi connectivity index (χ3v) is 4.10. The molecule has 21 heavy (non-hydrogen) atoms. The molecule has 3 heterocycles. The lowest BCUT2D eigenvalue weighted by atomic mass is 10.2. The lowest BCUT2D eigenvalue weighted by molar-refractivity contribution is -0.136. The molecule has 0 aliphatic carbocycles. The zero-order chi connectivity index (χ0) is 14.7. The van der Waals surface area contributed by atoms with E-state index in [1.165, 1.54) is 11.3 Å². The smallest absolute Gasteiger partial charge is 0.248 e. The van der Waals surface area contributed by atoms with Gasteiger partial charge in [0.05, 0.1) is 6.42 Å². The predicted octanol–water partition coefficient (Wildman–Crippen LogP) is 0.956. The predicted molar refractivity (Wildman–Crippen MR) is 79.0 cm³/mol. The van der Waals surface area contributed by atoms with Crippen molar-refractivity contribution < 1.29 is 9.59 Å². The number of thiazole rings is 1. The second kappa shape index (κ2) is 6.01. The van der Waals surface area contributed by atoms with Crippen molar-refractivity contribution in [2.24, 2.45) is 0 Å². The van der Waals surface area contributed by atoms with Gasteiger partial charge in [-0.1, -0.05) is 6.07 Å². The third-order valence-electron chi connectivity index (χ3n) is 3.30. The molecule has 1 aliphatic rings. The standard InChI is InChI=1S/C14H14N4O2S/c19-12(8-11-2-1-3-15-9-11)17-5-6-18(13(20)10-17)14-16-4-7-21-14/h1-4,7,9H,5-6,8,10H2. The molecule has 2 amide bonds. The van der Waals surface area contributed by atoms with Crippen LogP contribution < -0.4 is 4.90 Å². The van der Waals surface area contributed by atoms with Crippen LogP contribution in [0.25, 0.3) is 0 Å². The van der Waals surface area contributed by atoms with Gasteiger partial charge in [-0.05, 0) is 11.6 Å². The molecule has 108 valence electrons. The van der Waals surface area contributed by atoms with Gasteiger partial charge in [0.1, 0.15) is 6.54 Å². The van der Waals surface area contributed by atoms with E-state index < -0.39 is 0 Å². The third kappa shape index (κ3) is 3.08. The van der Waals surface area contributed by atoms with E-state index in [9.17, 15) is 9.59 Å². The number of carbonyl (C=O) groups is 2. The molecule has 1 aliphatic heterocycles. The Hall–Kier alpha value is -2.28. The van der Waals surface area contributed by atoms with Crippen LogP contribution in [0.1, 0.15) is 5.56 Å². The van der Waals surface area contributed by atoms with Crippen molar-refractivity contribution >= 4 is 28.3 Å². The first kappa shape index (κ1) is 13.7. The molecule has 3 rings (SSSR count). The first-order valence-corrected chi connectivity index (χ1v) is 7.48. The Kier molecular flexibility index (Phi) is 3.92. The summed E-state index contributed by atoms with van der Waals surface area (Å²) < 4.78 is 0. The number of carbonyl (C=O) groups excluding carboxylic acids is 2. The fraction of sp³-hybridized carbons (Fsp3) is 0.286. The van der Waals surface area contributed by atoms with Gasteiger partial charge in [0.15, 0.2) is 5.13 Å². The number of piperazine rings is 1. The van der Waals surface area contributed by atoms with E-state index in [2.05, 4.69) is 9.97 Å². The van der Waals surface area contributed by atoms with E-state index in [1.807, 2.05) is 11.4 Å². The molecule has 0 unspecified atom stereocenters. The summed E-state index contributed by atoms with van der Waals surface area (Å²) in [7, 11) is 0. The quantitative estimate of drug-likeness (QED) is 0.847. The summed E-state index contributed by atoms with van der Waals surface area (Å²) >= 11 is 1.43. The monoisotopic (exact) mass is 302 g/mol. The number of rotatable bonds is 3. The minimum absolute atomic E-state index is 0.0462. The molecule has 0 saturated carbocycles. The molecular weight excluding hydrogens is 288 g/mol. The highest BCUT2D eigenvalue weighted by Crippen LogP contribution is 2.20. The second-order valence-electron chi connectivity index (χ2n) is 4.71. The van der Waals surface area contributed by atoms with Crippen LogP contribution in [0.4, 0.5) is 5.13 Å². The molecule has 0 aromatic carbocycles. The molecule has 0 atom stereocenters. The zero-order valence-electron chi connectivity index (χ0n) is 11.3. The fourth-order valence-corrected chi connectivity index (χ4v) is 2.91. The van der Waals surface area contributed by atoms with Crippen molar-refractivity contribution in [2.45, 2.75) is 6.42 Å². The summed E-state index contributed by atoms with van der Waals surface area (Å²) in [6, 6.07) is 3.66. The van der Waals surface area contributed by atoms with Crippen molar-refractivity contribution in [3.8, 4) is 0 Å². The molecule has 6 nitrogen and oxygen atoms in total. The van der Waals surface area contributed by atoms with Gasteiger partial charge in [-0.3, -0.25) is 19.5 Å². The van der Waals surface area contributed by atoms with Gasteiger partial charge in [0.2, 0.25) is 11.8 Å². The normalized spacial score (nSPS) is 15.3. The van der Waals surface area contributed by atoms with Crippen LogP contribution in [0.5, 0.6) is 0 Å². The molecular formula is C14H14N4O2S. The maximum Gasteiger partial charge on any atom is 0.248 e. The van der Waals surface area contributed by atoms with Gasteiger partial charge in [-0.2, -0.15) is 0 Å². The summed E-state index contributed by atoms with van der Waals surface area (Å²) in [5.41, 5.74) is 0.859. The van der Waals surface area contributed by atoms with Crippen molar-refractivity contribution in [1.82, 2.24) is 14.9 Å². The maximum absolute atomic E-state index is 12.2. The van der Waals surface area contributed by atoms with Crippen LogP contribution in [-0.2, 0) is 16.0 Å². The van der Waals surface area contributed by atoms with Crippen molar-refractivity contribution in [3.63, 3.8) is 0 Å². The lowest BCUT2D eigenvalue weighted by Crippen LogP contribution is -2.52. The summed E-state index contributed by atoms with van der Waals surface area (Å²) in [5.74, 6) is -0.133. The first-order valence-electron chi connectivity index (χ1n) is 6.60. The highest BCUT2D eigenvalue weighted by Gasteiger charge is 2.28. The first-order chi connectivity index (χ1) is 10.2. The molecule has 0 N–H and O–H groups in total. The highest BCUT2D eigenvalue weighted by molar-refractivity contribution is 7.13. The Morgan fingerprint density at radius 2 is 2.24 bits per heavy atom.